The van der Waals surface area contributed by atoms with E-state index in [4.69, 9.17) is 5.73 Å². The highest BCUT2D eigenvalue weighted by Gasteiger charge is 2.23. The number of anilines is 2. The second-order valence-corrected chi connectivity index (χ2v) is 7.23. The third-order valence-electron chi connectivity index (χ3n) is 4.74. The number of piperazine rings is 1. The van der Waals surface area contributed by atoms with Gasteiger partial charge in [-0.25, -0.2) is 9.97 Å². The van der Waals surface area contributed by atoms with Gasteiger partial charge in [-0.1, -0.05) is 0 Å². The van der Waals surface area contributed by atoms with Gasteiger partial charge in [0.05, 0.1) is 5.39 Å². The number of hydrogen-bond donors (Lipinski definition) is 1. The van der Waals surface area contributed by atoms with Crippen LogP contribution in [0, 0.1) is 6.92 Å². The Morgan fingerprint density at radius 3 is 2.81 bits per heavy atom. The Hall–Kier alpha value is -2.68. The van der Waals surface area contributed by atoms with Gasteiger partial charge >= 0.3 is 0 Å². The first kappa shape index (κ1) is 16.8. The zero-order valence-corrected chi connectivity index (χ0v) is 15.4. The van der Waals surface area contributed by atoms with Crippen LogP contribution in [0.5, 0.6) is 0 Å². The van der Waals surface area contributed by atoms with Gasteiger partial charge in [-0.3, -0.25) is 4.79 Å². The average molecular weight is 371 g/mol. The molecule has 1 saturated heterocycles. The molecule has 0 radical (unpaired) electrons. The summed E-state index contributed by atoms with van der Waals surface area (Å²) in [6, 6.07) is 2.03. The number of hydrogen-bond acceptors (Lipinski definition) is 7. The lowest BCUT2D eigenvalue weighted by atomic mass is 10.2. The predicted molar refractivity (Wildman–Crippen MR) is 102 cm³/mol. The molecule has 0 aromatic carbocycles. The molecule has 0 aliphatic carbocycles. The Bertz CT molecular complexity index is 926. The molecule has 4 heterocycles. The molecular weight excluding hydrogens is 350 g/mol. The smallest absolute Gasteiger partial charge is 0.224 e. The van der Waals surface area contributed by atoms with E-state index in [-0.39, 0.29) is 5.91 Å². The number of carbonyl (C=O) groups excluding carboxylic acids is 1. The number of thiophene rings is 1. The molecule has 9 heteroatoms. The highest BCUT2D eigenvalue weighted by atomic mass is 32.1. The van der Waals surface area contributed by atoms with Crippen molar-refractivity contribution in [1.82, 2.24) is 24.4 Å². The normalized spacial score (nSPS) is 15.0. The first-order chi connectivity index (χ1) is 12.6. The van der Waals surface area contributed by atoms with Gasteiger partial charge in [0.1, 0.15) is 16.5 Å². The number of nitrogen functional groups attached to an aromatic ring is 1. The summed E-state index contributed by atoms with van der Waals surface area (Å²) < 4.78 is 2.01. The summed E-state index contributed by atoms with van der Waals surface area (Å²) in [7, 11) is 0. The Labute approximate surface area is 155 Å². The van der Waals surface area contributed by atoms with Gasteiger partial charge in [0, 0.05) is 51.5 Å². The summed E-state index contributed by atoms with van der Waals surface area (Å²) in [6.45, 7) is 5.49. The lowest BCUT2D eigenvalue weighted by molar-refractivity contribution is -0.131. The largest absolute Gasteiger partial charge is 0.368 e. The molecular formula is C17H21N7OS. The summed E-state index contributed by atoms with van der Waals surface area (Å²) in [5.41, 5.74) is 5.85. The fourth-order valence-corrected chi connectivity index (χ4v) is 4.04. The molecule has 0 unspecified atom stereocenters. The van der Waals surface area contributed by atoms with Gasteiger partial charge in [0.25, 0.3) is 0 Å². The predicted octanol–water partition coefficient (Wildman–Crippen LogP) is 1.52. The van der Waals surface area contributed by atoms with E-state index >= 15 is 0 Å². The minimum Gasteiger partial charge on any atom is -0.368 e. The highest BCUT2D eigenvalue weighted by Crippen LogP contribution is 2.29. The highest BCUT2D eigenvalue weighted by molar-refractivity contribution is 7.16. The zero-order chi connectivity index (χ0) is 18.1. The van der Waals surface area contributed by atoms with Gasteiger partial charge in [-0.15, -0.1) is 11.3 Å². The van der Waals surface area contributed by atoms with Crippen molar-refractivity contribution in [3.05, 3.63) is 29.7 Å². The van der Waals surface area contributed by atoms with Crippen molar-refractivity contribution in [3.63, 3.8) is 0 Å². The van der Waals surface area contributed by atoms with E-state index in [2.05, 4.69) is 19.9 Å². The van der Waals surface area contributed by atoms with Crippen LogP contribution in [0.15, 0.2) is 23.8 Å². The second kappa shape index (κ2) is 6.91. The first-order valence-corrected chi connectivity index (χ1v) is 9.51. The summed E-state index contributed by atoms with van der Waals surface area (Å²) in [5.74, 6) is 2.28. The van der Waals surface area contributed by atoms with Gasteiger partial charge in [-0.2, -0.15) is 4.98 Å². The van der Waals surface area contributed by atoms with Crippen LogP contribution in [0.3, 0.4) is 0 Å². The van der Waals surface area contributed by atoms with Crippen LogP contribution < -0.4 is 10.6 Å². The van der Waals surface area contributed by atoms with Crippen LogP contribution in [0.4, 0.5) is 11.8 Å². The summed E-state index contributed by atoms with van der Waals surface area (Å²) >= 11 is 1.56. The number of nitrogens with two attached hydrogens (primary N) is 1. The molecule has 3 aromatic heterocycles. The molecule has 0 bridgehead atoms. The number of aromatic nitrogens is 4. The van der Waals surface area contributed by atoms with Crippen LogP contribution >= 0.6 is 11.3 Å². The van der Waals surface area contributed by atoms with E-state index in [1.807, 2.05) is 34.0 Å². The number of carbonyl (C=O) groups is 1. The van der Waals surface area contributed by atoms with Crippen LogP contribution in [-0.2, 0) is 11.3 Å². The summed E-state index contributed by atoms with van der Waals surface area (Å²) in [6.07, 6.45) is 4.16. The van der Waals surface area contributed by atoms with E-state index in [9.17, 15) is 4.79 Å². The number of nitrogens with zero attached hydrogens (tertiary/aromatic N) is 6. The standard InChI is InChI=1S/C17H21N7OS/c1-12-19-4-6-22(12)5-2-14(25)23-7-9-24(10-8-23)15-13-3-11-26-16(13)21-17(18)20-15/h3-4,6,11H,2,5,7-10H2,1H3,(H2,18,20,21). The second-order valence-electron chi connectivity index (χ2n) is 6.33. The molecule has 2 N–H and O–H groups in total. The molecule has 4 rings (SSSR count). The Morgan fingerprint density at radius 2 is 2.08 bits per heavy atom. The van der Waals surface area contributed by atoms with Crippen LogP contribution in [0.1, 0.15) is 12.2 Å². The van der Waals surface area contributed by atoms with E-state index in [1.165, 1.54) is 0 Å². The lowest BCUT2D eigenvalue weighted by Gasteiger charge is -2.35. The van der Waals surface area contributed by atoms with Gasteiger partial charge in [-0.05, 0) is 18.4 Å². The fourth-order valence-electron chi connectivity index (χ4n) is 3.28. The maximum Gasteiger partial charge on any atom is 0.224 e. The number of amides is 1. The maximum atomic E-state index is 12.5. The minimum atomic E-state index is 0.181. The molecule has 0 saturated carbocycles. The van der Waals surface area contributed by atoms with Gasteiger partial charge in [0.2, 0.25) is 11.9 Å². The molecule has 136 valence electrons. The van der Waals surface area contributed by atoms with Crippen molar-refractivity contribution in [1.29, 1.82) is 0 Å². The first-order valence-electron chi connectivity index (χ1n) is 8.63. The van der Waals surface area contributed by atoms with Crippen LogP contribution in [-0.4, -0.2) is 56.5 Å². The molecule has 1 fully saturated rings. The van der Waals surface area contributed by atoms with E-state index in [0.29, 0.717) is 32.0 Å². The molecule has 26 heavy (non-hydrogen) atoms. The fraction of sp³-hybridized carbons (Fsp3) is 0.412. The molecule has 1 aliphatic heterocycles. The summed E-state index contributed by atoms with van der Waals surface area (Å²) in [4.78, 5) is 30.4. The summed E-state index contributed by atoms with van der Waals surface area (Å²) in [5, 5.41) is 3.03. The van der Waals surface area contributed by atoms with Crippen molar-refractivity contribution in [3.8, 4) is 0 Å². The molecule has 3 aromatic rings. The van der Waals surface area contributed by atoms with Crippen LogP contribution in [0.2, 0.25) is 0 Å². The number of rotatable bonds is 4. The Morgan fingerprint density at radius 1 is 1.27 bits per heavy atom. The van der Waals surface area contributed by atoms with Crippen molar-refractivity contribution in [2.75, 3.05) is 36.8 Å². The maximum absolute atomic E-state index is 12.5. The third-order valence-corrected chi connectivity index (χ3v) is 5.55. The van der Waals surface area contributed by atoms with Crippen molar-refractivity contribution in [2.45, 2.75) is 19.9 Å². The number of fused-ring (bicyclic) bond motifs is 1. The molecule has 1 amide bonds. The Balaban J connectivity index is 1.38. The van der Waals surface area contributed by atoms with Gasteiger partial charge < -0.3 is 20.1 Å². The average Bonchev–Trinajstić information content (AvgIpc) is 3.27. The third kappa shape index (κ3) is 3.22. The minimum absolute atomic E-state index is 0.181. The SMILES string of the molecule is Cc1nccn1CCC(=O)N1CCN(c2nc(N)nc3sccc23)CC1. The molecule has 8 nitrogen and oxygen atoms in total. The Kier molecular flexibility index (Phi) is 4.46. The molecule has 0 atom stereocenters. The van der Waals surface area contributed by atoms with Gasteiger partial charge in [0.15, 0.2) is 0 Å². The number of aryl methyl sites for hydroxylation is 2. The van der Waals surface area contributed by atoms with E-state index in [0.717, 1.165) is 34.9 Å². The number of imidazole rings is 1. The van der Waals surface area contributed by atoms with E-state index in [1.54, 1.807) is 17.5 Å². The monoisotopic (exact) mass is 371 g/mol. The van der Waals surface area contributed by atoms with E-state index < -0.39 is 0 Å². The zero-order valence-electron chi connectivity index (χ0n) is 14.6. The molecule has 0 spiro atoms. The van der Waals surface area contributed by atoms with Crippen molar-refractivity contribution < 1.29 is 4.79 Å². The van der Waals surface area contributed by atoms with Crippen LogP contribution in [0.25, 0.3) is 10.2 Å². The topological polar surface area (TPSA) is 93.2 Å². The lowest BCUT2D eigenvalue weighted by Crippen LogP contribution is -2.49. The molecule has 1 aliphatic rings. The quantitative estimate of drug-likeness (QED) is 0.747. The van der Waals surface area contributed by atoms with Crippen molar-refractivity contribution in [2.24, 2.45) is 0 Å². The van der Waals surface area contributed by atoms with Crippen molar-refractivity contribution >= 4 is 39.2 Å².